The number of amides is 1. The lowest BCUT2D eigenvalue weighted by molar-refractivity contribution is -0.115. The Kier molecular flexibility index (Phi) is 3.48. The SMILES string of the molecule is Cc1[nH]nc2cc(NS(=O)(=O)c3cc4c(cc3Cl)NC(=O)C4)ccc12. The standard InChI is InChI=1S/C16H13ClN4O3S/c1-8-11-3-2-10(6-14(11)20-19-8)21-25(23,24)15-4-9-5-16(22)18-13(9)7-12(15)17/h2-4,6-7,21H,5H2,1H3,(H,18,22)(H,19,20). The molecule has 0 fully saturated rings. The van der Waals surface area contributed by atoms with Crippen LogP contribution in [-0.4, -0.2) is 24.5 Å². The van der Waals surface area contributed by atoms with Gasteiger partial charge in [0.15, 0.2) is 0 Å². The van der Waals surface area contributed by atoms with Gasteiger partial charge < -0.3 is 5.32 Å². The zero-order valence-corrected chi connectivity index (χ0v) is 14.6. The topological polar surface area (TPSA) is 104 Å². The van der Waals surface area contributed by atoms with Crippen LogP contribution in [-0.2, 0) is 21.2 Å². The van der Waals surface area contributed by atoms with E-state index in [-0.39, 0.29) is 22.2 Å². The Morgan fingerprint density at radius 2 is 2.04 bits per heavy atom. The number of nitrogens with zero attached hydrogens (tertiary/aromatic N) is 1. The highest BCUT2D eigenvalue weighted by Gasteiger charge is 2.25. The van der Waals surface area contributed by atoms with Crippen LogP contribution in [0.5, 0.6) is 0 Å². The van der Waals surface area contributed by atoms with Crippen molar-refractivity contribution in [1.29, 1.82) is 0 Å². The summed E-state index contributed by atoms with van der Waals surface area (Å²) in [5.74, 6) is -0.187. The summed E-state index contributed by atoms with van der Waals surface area (Å²) in [4.78, 5) is 11.4. The van der Waals surface area contributed by atoms with E-state index in [0.29, 0.717) is 22.5 Å². The lowest BCUT2D eigenvalue weighted by atomic mass is 10.2. The van der Waals surface area contributed by atoms with E-state index >= 15 is 0 Å². The molecule has 25 heavy (non-hydrogen) atoms. The highest BCUT2D eigenvalue weighted by molar-refractivity contribution is 7.92. The van der Waals surface area contributed by atoms with Gasteiger partial charge in [-0.2, -0.15) is 5.10 Å². The number of anilines is 2. The number of rotatable bonds is 3. The molecule has 0 bridgehead atoms. The van der Waals surface area contributed by atoms with Gasteiger partial charge in [0.05, 0.1) is 22.6 Å². The summed E-state index contributed by atoms with van der Waals surface area (Å²) in [6.45, 7) is 1.89. The van der Waals surface area contributed by atoms with Crippen molar-refractivity contribution < 1.29 is 13.2 Å². The van der Waals surface area contributed by atoms with Gasteiger partial charge >= 0.3 is 0 Å². The van der Waals surface area contributed by atoms with Gasteiger partial charge in [0, 0.05) is 16.8 Å². The fourth-order valence-corrected chi connectivity index (χ4v) is 4.48. The zero-order valence-electron chi connectivity index (χ0n) is 13.1. The third-order valence-corrected chi connectivity index (χ3v) is 5.92. The lowest BCUT2D eigenvalue weighted by Crippen LogP contribution is -2.13. The molecule has 1 aromatic heterocycles. The third-order valence-electron chi connectivity index (χ3n) is 4.07. The fraction of sp³-hybridized carbons (Fsp3) is 0.125. The number of halogens is 1. The Morgan fingerprint density at radius 1 is 1.24 bits per heavy atom. The summed E-state index contributed by atoms with van der Waals surface area (Å²) in [5, 5.41) is 10.6. The summed E-state index contributed by atoms with van der Waals surface area (Å²) in [6, 6.07) is 7.97. The number of carbonyl (C=O) groups is 1. The zero-order chi connectivity index (χ0) is 17.8. The van der Waals surface area contributed by atoms with Gasteiger partial charge in [-0.1, -0.05) is 11.6 Å². The fourth-order valence-electron chi connectivity index (χ4n) is 2.85. The molecule has 0 aliphatic carbocycles. The molecule has 9 heteroatoms. The van der Waals surface area contributed by atoms with Crippen LogP contribution in [0.2, 0.25) is 5.02 Å². The number of sulfonamides is 1. The van der Waals surface area contributed by atoms with E-state index in [9.17, 15) is 13.2 Å². The molecule has 3 aromatic rings. The van der Waals surface area contributed by atoms with Crippen molar-refractivity contribution in [3.8, 4) is 0 Å². The molecule has 3 N–H and O–H groups in total. The largest absolute Gasteiger partial charge is 0.325 e. The monoisotopic (exact) mass is 376 g/mol. The molecule has 0 spiro atoms. The van der Waals surface area contributed by atoms with Crippen molar-refractivity contribution in [3.05, 3.63) is 46.6 Å². The van der Waals surface area contributed by atoms with Gasteiger partial charge in [-0.25, -0.2) is 8.42 Å². The van der Waals surface area contributed by atoms with E-state index in [4.69, 9.17) is 11.6 Å². The van der Waals surface area contributed by atoms with Crippen LogP contribution < -0.4 is 10.0 Å². The lowest BCUT2D eigenvalue weighted by Gasteiger charge is -2.11. The molecule has 4 rings (SSSR count). The molecule has 0 saturated carbocycles. The number of aromatic nitrogens is 2. The number of hydrogen-bond acceptors (Lipinski definition) is 4. The van der Waals surface area contributed by atoms with Gasteiger partial charge in [-0.15, -0.1) is 0 Å². The van der Waals surface area contributed by atoms with Gasteiger partial charge in [0.25, 0.3) is 10.0 Å². The van der Waals surface area contributed by atoms with E-state index in [1.807, 2.05) is 6.92 Å². The first kappa shape index (κ1) is 15.9. The highest BCUT2D eigenvalue weighted by Crippen LogP contribution is 2.33. The Bertz CT molecular complexity index is 1140. The molecule has 0 saturated heterocycles. The number of fused-ring (bicyclic) bond motifs is 2. The molecule has 1 amide bonds. The first-order valence-corrected chi connectivity index (χ1v) is 9.29. The summed E-state index contributed by atoms with van der Waals surface area (Å²) < 4.78 is 27.9. The Balaban J connectivity index is 1.72. The maximum Gasteiger partial charge on any atom is 0.263 e. The average Bonchev–Trinajstić information content (AvgIpc) is 3.07. The highest BCUT2D eigenvalue weighted by atomic mass is 35.5. The van der Waals surface area contributed by atoms with Gasteiger partial charge in [0.1, 0.15) is 4.90 Å². The van der Waals surface area contributed by atoms with Crippen molar-refractivity contribution in [2.24, 2.45) is 0 Å². The minimum Gasteiger partial charge on any atom is -0.325 e. The predicted octanol–water partition coefficient (Wildman–Crippen LogP) is 2.82. The Labute approximate surface area is 148 Å². The Hall–Kier alpha value is -2.58. The van der Waals surface area contributed by atoms with Gasteiger partial charge in [-0.3, -0.25) is 14.6 Å². The minimum absolute atomic E-state index is 0.0464. The summed E-state index contributed by atoms with van der Waals surface area (Å²) >= 11 is 6.12. The van der Waals surface area contributed by atoms with Crippen LogP contribution >= 0.6 is 11.6 Å². The molecule has 0 radical (unpaired) electrons. The molecular weight excluding hydrogens is 364 g/mol. The Morgan fingerprint density at radius 3 is 2.84 bits per heavy atom. The second-order valence-electron chi connectivity index (χ2n) is 5.85. The second-order valence-corrected chi connectivity index (χ2v) is 7.91. The molecular formula is C16H13ClN4O3S. The number of aryl methyl sites for hydroxylation is 1. The number of carbonyl (C=O) groups excluding carboxylic acids is 1. The maximum atomic E-state index is 12.7. The summed E-state index contributed by atoms with van der Waals surface area (Å²) in [6.07, 6.45) is 0.132. The van der Waals surface area contributed by atoms with Crippen molar-refractivity contribution in [1.82, 2.24) is 10.2 Å². The van der Waals surface area contributed by atoms with Crippen molar-refractivity contribution in [3.63, 3.8) is 0 Å². The van der Waals surface area contributed by atoms with E-state index in [1.165, 1.54) is 12.1 Å². The van der Waals surface area contributed by atoms with E-state index < -0.39 is 10.0 Å². The number of benzene rings is 2. The van der Waals surface area contributed by atoms with Gasteiger partial charge in [0.2, 0.25) is 5.91 Å². The van der Waals surface area contributed by atoms with Crippen LogP contribution in [0.1, 0.15) is 11.3 Å². The first-order valence-electron chi connectivity index (χ1n) is 7.43. The van der Waals surface area contributed by atoms with Crippen molar-refractivity contribution in [2.45, 2.75) is 18.2 Å². The van der Waals surface area contributed by atoms with E-state index in [0.717, 1.165) is 11.1 Å². The molecule has 1 aliphatic heterocycles. The number of aromatic amines is 1. The molecule has 7 nitrogen and oxygen atoms in total. The summed E-state index contributed by atoms with van der Waals surface area (Å²) in [5.41, 5.74) is 3.09. The smallest absolute Gasteiger partial charge is 0.263 e. The van der Waals surface area contributed by atoms with Crippen molar-refractivity contribution in [2.75, 3.05) is 10.0 Å². The number of nitrogens with one attached hydrogen (secondary N) is 3. The molecule has 0 unspecified atom stereocenters. The van der Waals surface area contributed by atoms with Crippen LogP contribution in [0.15, 0.2) is 35.2 Å². The maximum absolute atomic E-state index is 12.7. The van der Waals surface area contributed by atoms with Crippen LogP contribution in [0, 0.1) is 6.92 Å². The summed E-state index contributed by atoms with van der Waals surface area (Å²) in [7, 11) is -3.90. The van der Waals surface area contributed by atoms with E-state index in [1.54, 1.807) is 18.2 Å². The predicted molar refractivity (Wildman–Crippen MR) is 95.4 cm³/mol. The quantitative estimate of drug-likeness (QED) is 0.653. The van der Waals surface area contributed by atoms with Gasteiger partial charge in [-0.05, 0) is 42.8 Å². The molecule has 1 aliphatic rings. The number of hydrogen-bond donors (Lipinski definition) is 3. The second kappa shape index (κ2) is 5.47. The van der Waals surface area contributed by atoms with Crippen LogP contribution in [0.4, 0.5) is 11.4 Å². The van der Waals surface area contributed by atoms with Crippen LogP contribution in [0.25, 0.3) is 10.9 Å². The average molecular weight is 377 g/mol. The normalized spacial score (nSPS) is 13.8. The third kappa shape index (κ3) is 2.73. The minimum atomic E-state index is -3.90. The van der Waals surface area contributed by atoms with E-state index in [2.05, 4.69) is 20.2 Å². The molecule has 2 heterocycles. The number of H-pyrrole nitrogens is 1. The first-order chi connectivity index (χ1) is 11.8. The molecule has 128 valence electrons. The van der Waals surface area contributed by atoms with Crippen molar-refractivity contribution >= 4 is 49.8 Å². The molecule has 0 atom stereocenters. The van der Waals surface area contributed by atoms with Crippen LogP contribution in [0.3, 0.4) is 0 Å². The molecule has 2 aromatic carbocycles.